The zero-order chi connectivity index (χ0) is 21.6. The van der Waals surface area contributed by atoms with Crippen LogP contribution in [0.25, 0.3) is 0 Å². The normalized spacial score (nSPS) is 12.8. The van der Waals surface area contributed by atoms with E-state index in [1.807, 2.05) is 32.0 Å². The summed E-state index contributed by atoms with van der Waals surface area (Å²) in [6, 6.07) is 5.61. The van der Waals surface area contributed by atoms with Gasteiger partial charge < -0.3 is 9.47 Å². The standard InChI is InChI=1S/C17H18N8O3S3/c1-3-29-17-25-24-16(31-17)18-13(26)7-30-15-19-14(22-23-15)21-20-9(2)10-4-5-11-12(6-10)28-8-27-11/h4-6H,3,7-8H2,1-2H3,(H,18,24,26)(H2,19,21,22,23). The molecule has 0 saturated carbocycles. The lowest BCUT2D eigenvalue weighted by atomic mass is 10.1. The Labute approximate surface area is 189 Å². The molecule has 0 spiro atoms. The van der Waals surface area contributed by atoms with Crippen molar-refractivity contribution in [1.82, 2.24) is 25.4 Å². The van der Waals surface area contributed by atoms with Crippen molar-refractivity contribution in [3.05, 3.63) is 23.8 Å². The van der Waals surface area contributed by atoms with Crippen LogP contribution in [-0.4, -0.2) is 55.3 Å². The Bertz CT molecular complexity index is 1100. The van der Waals surface area contributed by atoms with E-state index in [1.165, 1.54) is 23.1 Å². The van der Waals surface area contributed by atoms with Crippen molar-refractivity contribution in [3.63, 3.8) is 0 Å². The maximum absolute atomic E-state index is 12.1. The smallest absolute Gasteiger partial charge is 0.240 e. The zero-order valence-corrected chi connectivity index (χ0v) is 19.0. The zero-order valence-electron chi connectivity index (χ0n) is 16.5. The predicted molar refractivity (Wildman–Crippen MR) is 120 cm³/mol. The fraction of sp³-hybridized carbons (Fsp3) is 0.294. The first-order valence-corrected chi connectivity index (χ1v) is 11.9. The molecular formula is C17H18N8O3S3. The van der Waals surface area contributed by atoms with Crippen LogP contribution in [0.2, 0.25) is 0 Å². The number of aromatic nitrogens is 5. The topological polar surface area (TPSA) is 139 Å². The van der Waals surface area contributed by atoms with Crippen LogP contribution in [0.1, 0.15) is 19.4 Å². The number of carbonyl (C=O) groups is 1. The molecule has 31 heavy (non-hydrogen) atoms. The summed E-state index contributed by atoms with van der Waals surface area (Å²) < 4.78 is 11.5. The van der Waals surface area contributed by atoms with E-state index in [0.29, 0.717) is 22.0 Å². The highest BCUT2D eigenvalue weighted by Gasteiger charge is 2.14. The number of ether oxygens (including phenoxy) is 2. The number of nitrogens with one attached hydrogen (secondary N) is 3. The maximum Gasteiger partial charge on any atom is 0.240 e. The van der Waals surface area contributed by atoms with Gasteiger partial charge in [-0.1, -0.05) is 41.8 Å². The minimum absolute atomic E-state index is 0.145. The van der Waals surface area contributed by atoms with Gasteiger partial charge >= 0.3 is 0 Å². The lowest BCUT2D eigenvalue weighted by molar-refractivity contribution is -0.113. The molecule has 1 aliphatic heterocycles. The molecular weight excluding hydrogens is 460 g/mol. The van der Waals surface area contributed by atoms with Crippen molar-refractivity contribution >= 4 is 57.6 Å². The Kier molecular flexibility index (Phi) is 6.89. The fourth-order valence-corrected chi connectivity index (χ4v) is 4.67. The van der Waals surface area contributed by atoms with E-state index < -0.39 is 0 Å². The Morgan fingerprint density at radius 1 is 1.29 bits per heavy atom. The molecule has 162 valence electrons. The molecule has 0 unspecified atom stereocenters. The van der Waals surface area contributed by atoms with Crippen LogP contribution in [0, 0.1) is 0 Å². The molecule has 1 aliphatic rings. The first kappa shape index (κ1) is 21.4. The number of hydrogen-bond donors (Lipinski definition) is 3. The van der Waals surface area contributed by atoms with Crippen LogP contribution < -0.4 is 20.2 Å². The van der Waals surface area contributed by atoms with Gasteiger partial charge in [0.05, 0.1) is 11.5 Å². The number of rotatable bonds is 9. The van der Waals surface area contributed by atoms with E-state index in [4.69, 9.17) is 9.47 Å². The summed E-state index contributed by atoms with van der Waals surface area (Å²) in [5.41, 5.74) is 4.45. The van der Waals surface area contributed by atoms with Gasteiger partial charge in [-0.05, 0) is 30.9 Å². The molecule has 0 bridgehead atoms. The van der Waals surface area contributed by atoms with Crippen LogP contribution >= 0.6 is 34.9 Å². The maximum atomic E-state index is 12.1. The summed E-state index contributed by atoms with van der Waals surface area (Å²) >= 11 is 4.13. The number of nitrogens with zero attached hydrogens (tertiary/aromatic N) is 5. The molecule has 3 heterocycles. The highest BCUT2D eigenvalue weighted by atomic mass is 32.2. The third-order valence-corrected chi connectivity index (χ3v) is 6.54. The summed E-state index contributed by atoms with van der Waals surface area (Å²) in [6.07, 6.45) is 0. The first-order valence-electron chi connectivity index (χ1n) is 9.12. The summed E-state index contributed by atoms with van der Waals surface area (Å²) in [5.74, 6) is 2.62. The highest BCUT2D eigenvalue weighted by molar-refractivity contribution is 8.01. The minimum Gasteiger partial charge on any atom is -0.454 e. The van der Waals surface area contributed by atoms with Crippen LogP contribution in [0.5, 0.6) is 11.5 Å². The van der Waals surface area contributed by atoms with Crippen LogP contribution in [-0.2, 0) is 4.79 Å². The molecule has 0 aliphatic carbocycles. The van der Waals surface area contributed by atoms with Crippen molar-refractivity contribution in [1.29, 1.82) is 0 Å². The van der Waals surface area contributed by atoms with E-state index in [2.05, 4.69) is 41.2 Å². The third kappa shape index (κ3) is 5.65. The summed E-state index contributed by atoms with van der Waals surface area (Å²) in [4.78, 5) is 16.4. The Morgan fingerprint density at radius 3 is 3.03 bits per heavy atom. The van der Waals surface area contributed by atoms with Crippen molar-refractivity contribution in [3.8, 4) is 11.5 Å². The van der Waals surface area contributed by atoms with E-state index >= 15 is 0 Å². The molecule has 1 aromatic carbocycles. The van der Waals surface area contributed by atoms with Gasteiger partial charge in [0.15, 0.2) is 15.8 Å². The average molecular weight is 479 g/mol. The van der Waals surface area contributed by atoms with Gasteiger partial charge in [-0.3, -0.25) is 10.1 Å². The van der Waals surface area contributed by atoms with Crippen LogP contribution in [0.3, 0.4) is 0 Å². The number of fused-ring (bicyclic) bond motifs is 1. The van der Waals surface area contributed by atoms with Gasteiger partial charge in [0.2, 0.25) is 28.9 Å². The van der Waals surface area contributed by atoms with E-state index in [-0.39, 0.29) is 18.5 Å². The van der Waals surface area contributed by atoms with E-state index in [9.17, 15) is 4.79 Å². The van der Waals surface area contributed by atoms with Gasteiger partial charge in [-0.25, -0.2) is 10.5 Å². The number of anilines is 2. The molecule has 0 fully saturated rings. The monoisotopic (exact) mass is 478 g/mol. The number of carbonyl (C=O) groups excluding carboxylic acids is 1. The third-order valence-electron chi connectivity index (χ3n) is 3.84. The largest absolute Gasteiger partial charge is 0.454 e. The first-order chi connectivity index (χ1) is 15.1. The van der Waals surface area contributed by atoms with Crippen molar-refractivity contribution < 1.29 is 14.3 Å². The molecule has 4 rings (SSSR count). The molecule has 0 saturated heterocycles. The number of hydrogen-bond acceptors (Lipinski definition) is 12. The fourth-order valence-electron chi connectivity index (χ4n) is 2.41. The Hall–Kier alpha value is -2.84. The van der Waals surface area contributed by atoms with E-state index in [1.54, 1.807) is 11.8 Å². The summed E-state index contributed by atoms with van der Waals surface area (Å²) in [7, 11) is 0. The second-order valence-corrected chi connectivity index (χ2v) is 9.42. The number of thioether (sulfide) groups is 2. The second-order valence-electron chi connectivity index (χ2n) is 5.99. The number of benzene rings is 1. The van der Waals surface area contributed by atoms with Gasteiger partial charge in [-0.2, -0.15) is 10.1 Å². The minimum atomic E-state index is -0.204. The molecule has 11 nitrogen and oxygen atoms in total. The Balaban J connectivity index is 1.27. The van der Waals surface area contributed by atoms with Crippen molar-refractivity contribution in [2.24, 2.45) is 5.10 Å². The molecule has 3 N–H and O–H groups in total. The molecule has 3 aromatic rings. The van der Waals surface area contributed by atoms with Gasteiger partial charge in [0, 0.05) is 5.56 Å². The predicted octanol–water partition coefficient (Wildman–Crippen LogP) is 3.06. The second kappa shape index (κ2) is 9.98. The molecule has 14 heteroatoms. The van der Waals surface area contributed by atoms with Crippen LogP contribution in [0.15, 0.2) is 32.8 Å². The van der Waals surface area contributed by atoms with Gasteiger partial charge in [-0.15, -0.1) is 15.3 Å². The van der Waals surface area contributed by atoms with Gasteiger partial charge in [0.25, 0.3) is 0 Å². The van der Waals surface area contributed by atoms with Crippen molar-refractivity contribution in [2.75, 3.05) is 29.0 Å². The lowest BCUT2D eigenvalue weighted by Gasteiger charge is -2.03. The van der Waals surface area contributed by atoms with Gasteiger partial charge in [0.1, 0.15) is 0 Å². The van der Waals surface area contributed by atoms with Crippen LogP contribution in [0.4, 0.5) is 11.1 Å². The number of hydrazone groups is 1. The quantitative estimate of drug-likeness (QED) is 0.182. The Morgan fingerprint density at radius 2 is 2.16 bits per heavy atom. The van der Waals surface area contributed by atoms with E-state index in [0.717, 1.165) is 27.1 Å². The molecule has 1 amide bonds. The molecule has 0 radical (unpaired) electrons. The summed E-state index contributed by atoms with van der Waals surface area (Å²) in [6.45, 7) is 4.12. The molecule has 2 aromatic heterocycles. The lowest BCUT2D eigenvalue weighted by Crippen LogP contribution is -2.13. The SMILES string of the molecule is CCSc1nnc(NC(=O)CSc2n[nH]c(NN=C(C)c3ccc4c(c3)OCO4)n2)s1. The van der Waals surface area contributed by atoms with Crippen molar-refractivity contribution in [2.45, 2.75) is 23.3 Å². The average Bonchev–Trinajstić information content (AvgIpc) is 3.51. The molecule has 0 atom stereocenters. The number of aromatic amines is 1. The number of amides is 1. The number of H-pyrrole nitrogens is 1. The summed E-state index contributed by atoms with van der Waals surface area (Å²) in [5, 5.41) is 22.7. The highest BCUT2D eigenvalue weighted by Crippen LogP contribution is 2.32.